The normalized spacial score (nSPS) is 23.9. The summed E-state index contributed by atoms with van der Waals surface area (Å²) >= 11 is 0. The van der Waals surface area contributed by atoms with Gasteiger partial charge in [0.2, 0.25) is 17.7 Å². The molecule has 0 spiro atoms. The number of fused-ring (bicyclic) bond motifs is 1. The van der Waals surface area contributed by atoms with Gasteiger partial charge in [-0.15, -0.1) is 0 Å². The van der Waals surface area contributed by atoms with E-state index in [4.69, 9.17) is 9.26 Å². The van der Waals surface area contributed by atoms with Crippen molar-refractivity contribution in [3.05, 3.63) is 17.5 Å². The number of ether oxygens (including phenoxy) is 1. The van der Waals surface area contributed by atoms with E-state index in [1.807, 2.05) is 20.8 Å². The van der Waals surface area contributed by atoms with Gasteiger partial charge in [-0.3, -0.25) is 24.2 Å². The van der Waals surface area contributed by atoms with Gasteiger partial charge in [-0.25, -0.2) is 10.2 Å². The smallest absolute Gasteiger partial charge is 0.343 e. The molecule has 2 fully saturated rings. The fraction of sp³-hybridized carbons (Fsp3) is 0.667. The second kappa shape index (κ2) is 12.1. The zero-order valence-electron chi connectivity index (χ0n) is 21.2. The van der Waals surface area contributed by atoms with Gasteiger partial charge in [0.1, 0.15) is 17.4 Å². The summed E-state index contributed by atoms with van der Waals surface area (Å²) in [6.45, 7) is 7.47. The number of rotatable bonds is 9. The molecule has 3 N–H and O–H groups in total. The molecular weight excluding hydrogens is 470 g/mol. The molecule has 0 aliphatic carbocycles. The number of ketones is 1. The van der Waals surface area contributed by atoms with E-state index in [1.165, 1.54) is 11.2 Å². The predicted octanol–water partition coefficient (Wildman–Crippen LogP) is 0.508. The van der Waals surface area contributed by atoms with Crippen LogP contribution in [0.5, 0.6) is 0 Å². The van der Waals surface area contributed by atoms with Crippen molar-refractivity contribution in [2.75, 3.05) is 19.7 Å². The van der Waals surface area contributed by atoms with Gasteiger partial charge in [-0.1, -0.05) is 25.9 Å². The van der Waals surface area contributed by atoms with Crippen LogP contribution < -0.4 is 16.1 Å². The predicted molar refractivity (Wildman–Crippen MR) is 126 cm³/mol. The monoisotopic (exact) mass is 505 g/mol. The molecule has 3 amide bonds. The van der Waals surface area contributed by atoms with Crippen molar-refractivity contribution < 1.29 is 33.2 Å². The van der Waals surface area contributed by atoms with Crippen LogP contribution in [0.1, 0.15) is 62.6 Å². The van der Waals surface area contributed by atoms with E-state index in [0.29, 0.717) is 25.8 Å². The number of hydrazine groups is 1. The van der Waals surface area contributed by atoms with Gasteiger partial charge in [0.15, 0.2) is 12.4 Å². The zero-order chi connectivity index (χ0) is 26.4. The third-order valence-corrected chi connectivity index (χ3v) is 6.52. The Balaban J connectivity index is 1.60. The molecule has 1 aromatic rings. The lowest BCUT2D eigenvalue weighted by molar-refractivity contribution is -0.149. The van der Waals surface area contributed by atoms with Crippen LogP contribution in [-0.2, 0) is 23.9 Å². The van der Waals surface area contributed by atoms with Crippen molar-refractivity contribution in [2.24, 2.45) is 17.8 Å². The second-order valence-electron chi connectivity index (χ2n) is 9.90. The Hall–Kier alpha value is -3.28. The van der Waals surface area contributed by atoms with Gasteiger partial charge in [0.25, 0.3) is 0 Å². The van der Waals surface area contributed by atoms with Gasteiger partial charge in [-0.2, -0.15) is 0 Å². The first-order valence-electron chi connectivity index (χ1n) is 12.3. The molecule has 0 bridgehead atoms. The number of carbonyl (C=O) groups is 5. The fourth-order valence-electron chi connectivity index (χ4n) is 4.72. The molecule has 2 saturated heterocycles. The van der Waals surface area contributed by atoms with E-state index in [1.54, 1.807) is 6.92 Å². The minimum absolute atomic E-state index is 0.0451. The first kappa shape index (κ1) is 27.3. The Morgan fingerprint density at radius 2 is 2.06 bits per heavy atom. The summed E-state index contributed by atoms with van der Waals surface area (Å²) in [6, 6.07) is -1.63. The van der Waals surface area contributed by atoms with Crippen molar-refractivity contribution in [1.29, 1.82) is 0 Å². The quantitative estimate of drug-likeness (QED) is 0.406. The van der Waals surface area contributed by atoms with Crippen LogP contribution in [-0.4, -0.2) is 71.4 Å². The van der Waals surface area contributed by atoms with Crippen molar-refractivity contribution >= 4 is 29.5 Å². The molecule has 2 aliphatic heterocycles. The van der Waals surface area contributed by atoms with Crippen molar-refractivity contribution in [3.63, 3.8) is 0 Å². The first-order valence-corrected chi connectivity index (χ1v) is 12.3. The number of hydrogen-bond acceptors (Lipinski definition) is 9. The number of aryl methyl sites for hydroxylation is 1. The van der Waals surface area contributed by atoms with Crippen LogP contribution in [0.15, 0.2) is 10.7 Å². The molecule has 12 nitrogen and oxygen atoms in total. The average molecular weight is 506 g/mol. The lowest BCUT2D eigenvalue weighted by Crippen LogP contribution is -2.62. The molecule has 3 heterocycles. The third-order valence-electron chi connectivity index (χ3n) is 6.52. The first-order chi connectivity index (χ1) is 17.1. The van der Waals surface area contributed by atoms with Crippen LogP contribution in [0.4, 0.5) is 0 Å². The molecule has 0 saturated carbocycles. The molecule has 0 aromatic carbocycles. The Bertz CT molecular complexity index is 991. The van der Waals surface area contributed by atoms with Crippen LogP contribution in [0, 0.1) is 24.7 Å². The maximum absolute atomic E-state index is 13.2. The topological polar surface area (TPSA) is 160 Å². The van der Waals surface area contributed by atoms with Gasteiger partial charge < -0.3 is 19.9 Å². The number of Topliss-reactive ketones (excluding diaryl/α,β-unsaturated/α-hetero) is 1. The number of aromatic nitrogens is 1. The number of carbonyl (C=O) groups excluding carboxylic acids is 5. The Morgan fingerprint density at radius 1 is 1.31 bits per heavy atom. The molecular formula is C24H35N5O7. The van der Waals surface area contributed by atoms with Crippen LogP contribution in [0.3, 0.4) is 0 Å². The van der Waals surface area contributed by atoms with Crippen molar-refractivity contribution in [1.82, 2.24) is 26.2 Å². The Kier molecular flexibility index (Phi) is 9.19. The molecule has 12 heteroatoms. The van der Waals surface area contributed by atoms with Crippen LogP contribution in [0.2, 0.25) is 0 Å². The zero-order valence-corrected chi connectivity index (χ0v) is 21.2. The van der Waals surface area contributed by atoms with Gasteiger partial charge in [0.05, 0.1) is 12.2 Å². The number of nitrogens with zero attached hydrogens (tertiary/aromatic N) is 2. The number of nitrogens with one attached hydrogen (secondary N) is 3. The maximum Gasteiger partial charge on any atom is 0.343 e. The van der Waals surface area contributed by atoms with Crippen LogP contribution in [0.25, 0.3) is 0 Å². The van der Waals surface area contributed by atoms with E-state index in [-0.39, 0.29) is 53.9 Å². The Labute approximate surface area is 209 Å². The number of amides is 3. The van der Waals surface area contributed by atoms with Gasteiger partial charge in [-0.05, 0) is 37.5 Å². The summed E-state index contributed by atoms with van der Waals surface area (Å²) in [7, 11) is 0. The van der Waals surface area contributed by atoms with E-state index < -0.39 is 36.4 Å². The van der Waals surface area contributed by atoms with E-state index in [9.17, 15) is 24.0 Å². The number of esters is 1. The highest BCUT2D eigenvalue weighted by Crippen LogP contribution is 2.30. The largest absolute Gasteiger partial charge is 0.454 e. The number of hydrogen-bond donors (Lipinski definition) is 3. The minimum Gasteiger partial charge on any atom is -0.454 e. The molecule has 2 unspecified atom stereocenters. The highest BCUT2D eigenvalue weighted by Gasteiger charge is 2.45. The molecule has 0 radical (unpaired) electrons. The summed E-state index contributed by atoms with van der Waals surface area (Å²) < 4.78 is 9.96. The van der Waals surface area contributed by atoms with Crippen molar-refractivity contribution in [3.8, 4) is 0 Å². The molecule has 2 aliphatic rings. The SMILES string of the molecule is Cc1oncc1C(=O)OCC(=O)[C@H]1NC(=O)[C@@H]2C(CCNN2C(=O)CCNC(=O)CC(C)C)CC1C. The summed E-state index contributed by atoms with van der Waals surface area (Å²) in [6.07, 6.45) is 2.85. The summed E-state index contributed by atoms with van der Waals surface area (Å²) in [5, 5.41) is 10.4. The average Bonchev–Trinajstić information content (AvgIpc) is 3.20. The van der Waals surface area contributed by atoms with Gasteiger partial charge in [0, 0.05) is 25.9 Å². The molecule has 198 valence electrons. The third kappa shape index (κ3) is 6.68. The molecule has 1 aromatic heterocycles. The second-order valence-corrected chi connectivity index (χ2v) is 9.90. The highest BCUT2D eigenvalue weighted by molar-refractivity contribution is 5.96. The highest BCUT2D eigenvalue weighted by atomic mass is 16.5. The van der Waals surface area contributed by atoms with E-state index in [0.717, 1.165) is 0 Å². The Morgan fingerprint density at radius 3 is 2.72 bits per heavy atom. The van der Waals surface area contributed by atoms with E-state index >= 15 is 0 Å². The minimum atomic E-state index is -0.855. The summed E-state index contributed by atoms with van der Waals surface area (Å²) in [4.78, 5) is 63.1. The lowest BCUT2D eigenvalue weighted by Gasteiger charge is -2.39. The summed E-state index contributed by atoms with van der Waals surface area (Å²) in [5.41, 5.74) is 3.14. The maximum atomic E-state index is 13.2. The molecule has 36 heavy (non-hydrogen) atoms. The molecule has 4 atom stereocenters. The lowest BCUT2D eigenvalue weighted by atomic mass is 9.84. The van der Waals surface area contributed by atoms with Crippen LogP contribution >= 0.6 is 0 Å². The van der Waals surface area contributed by atoms with Crippen molar-refractivity contribution in [2.45, 2.75) is 65.5 Å². The van der Waals surface area contributed by atoms with Gasteiger partial charge >= 0.3 is 5.97 Å². The van der Waals surface area contributed by atoms with E-state index in [2.05, 4.69) is 21.2 Å². The molecule has 3 rings (SSSR count). The standard InChI is InChI=1S/C24H35N5O7/c1-13(2)9-19(31)25-7-6-20(32)29-22-16(5-8-26-29)10-14(3)21(28-23(22)33)18(30)12-35-24(34)17-11-27-36-15(17)4/h11,13-14,16,21-22,26H,5-10,12H2,1-4H3,(H,25,31)(H,28,33)/t14?,16?,21-,22-/m0/s1. The fourth-order valence-corrected chi connectivity index (χ4v) is 4.72. The summed E-state index contributed by atoms with van der Waals surface area (Å²) in [5.74, 6) is -1.89.